The Morgan fingerprint density at radius 1 is 1.31 bits per heavy atom. The van der Waals surface area contributed by atoms with E-state index in [1.807, 2.05) is 6.07 Å². The number of carbonyl (C=O) groups excluding carboxylic acids is 1. The van der Waals surface area contributed by atoms with E-state index in [-0.39, 0.29) is 23.7 Å². The molecule has 0 spiro atoms. The highest BCUT2D eigenvalue weighted by atomic mass is 35.5. The molecule has 2 heterocycles. The zero-order chi connectivity index (χ0) is 17.9. The van der Waals surface area contributed by atoms with Gasteiger partial charge in [-0.25, -0.2) is 0 Å². The number of aryl methyl sites for hydroxylation is 2. The summed E-state index contributed by atoms with van der Waals surface area (Å²) in [5, 5.41) is 7.52. The number of piperidine rings is 1. The van der Waals surface area contributed by atoms with Crippen LogP contribution in [0.1, 0.15) is 29.5 Å². The number of hydrogen-bond donors (Lipinski definition) is 2. The van der Waals surface area contributed by atoms with Crippen LogP contribution in [0, 0.1) is 19.3 Å². The summed E-state index contributed by atoms with van der Waals surface area (Å²) in [4.78, 5) is 12.5. The van der Waals surface area contributed by atoms with Crippen LogP contribution in [0.5, 0.6) is 0 Å². The van der Waals surface area contributed by atoms with E-state index in [4.69, 9.17) is 9.15 Å². The van der Waals surface area contributed by atoms with Crippen LogP contribution in [-0.2, 0) is 16.0 Å². The van der Waals surface area contributed by atoms with Gasteiger partial charge in [-0.05, 0) is 50.9 Å². The van der Waals surface area contributed by atoms with Crippen LogP contribution in [0.4, 0.5) is 0 Å². The third-order valence-electron chi connectivity index (χ3n) is 5.47. The molecule has 0 atom stereocenters. The van der Waals surface area contributed by atoms with E-state index in [9.17, 15) is 4.79 Å². The molecule has 2 N–H and O–H groups in total. The number of furan rings is 1. The predicted molar refractivity (Wildman–Crippen MR) is 106 cm³/mol. The summed E-state index contributed by atoms with van der Waals surface area (Å²) in [5.74, 6) is 0.0370. The molecule has 144 valence electrons. The number of amides is 1. The number of methoxy groups -OCH3 is 1. The smallest absolute Gasteiger partial charge is 0.224 e. The van der Waals surface area contributed by atoms with Gasteiger partial charge in [0.2, 0.25) is 5.91 Å². The minimum Gasteiger partial charge on any atom is -0.464 e. The second kappa shape index (κ2) is 8.89. The van der Waals surface area contributed by atoms with E-state index in [1.54, 1.807) is 13.4 Å². The van der Waals surface area contributed by atoms with E-state index >= 15 is 0 Å². The zero-order valence-corrected chi connectivity index (χ0v) is 16.6. The van der Waals surface area contributed by atoms with Crippen molar-refractivity contribution >= 4 is 29.3 Å². The minimum absolute atomic E-state index is 0. The minimum atomic E-state index is 0. The molecule has 0 bridgehead atoms. The fourth-order valence-corrected chi connectivity index (χ4v) is 3.68. The third kappa shape index (κ3) is 4.40. The van der Waals surface area contributed by atoms with Crippen LogP contribution in [0.25, 0.3) is 11.0 Å². The lowest BCUT2D eigenvalue weighted by Gasteiger charge is -2.37. The Kier molecular flexibility index (Phi) is 7.09. The van der Waals surface area contributed by atoms with Crippen LogP contribution in [0.15, 0.2) is 22.8 Å². The van der Waals surface area contributed by atoms with E-state index in [0.717, 1.165) is 48.0 Å². The van der Waals surface area contributed by atoms with Gasteiger partial charge in [0.05, 0.1) is 19.3 Å². The molecule has 0 aliphatic carbocycles. The van der Waals surface area contributed by atoms with Crippen molar-refractivity contribution in [1.29, 1.82) is 0 Å². The molecule has 6 heteroatoms. The van der Waals surface area contributed by atoms with Crippen molar-refractivity contribution in [2.45, 2.75) is 33.1 Å². The first-order valence-electron chi connectivity index (χ1n) is 8.97. The van der Waals surface area contributed by atoms with Gasteiger partial charge in [-0.2, -0.15) is 0 Å². The van der Waals surface area contributed by atoms with E-state index < -0.39 is 0 Å². The quantitative estimate of drug-likeness (QED) is 0.808. The van der Waals surface area contributed by atoms with Crippen molar-refractivity contribution in [3.63, 3.8) is 0 Å². The molecule has 3 rings (SSSR count). The standard InChI is InChI=1S/C20H28N2O3.ClH/c1-14-4-5-17-16(11-25-19(17)15(14)2)10-18(23)22-12-20(13-24-3)6-8-21-9-7-20;/h4-5,11,21H,6-10,12-13H2,1-3H3,(H,22,23);1H. The fourth-order valence-electron chi connectivity index (χ4n) is 3.68. The lowest BCUT2D eigenvalue weighted by molar-refractivity contribution is -0.121. The average molecular weight is 381 g/mol. The monoisotopic (exact) mass is 380 g/mol. The Labute approximate surface area is 161 Å². The first-order chi connectivity index (χ1) is 12.0. The normalized spacial score (nSPS) is 16.3. The topological polar surface area (TPSA) is 63.5 Å². The number of fused-ring (bicyclic) bond motifs is 1. The molecule has 1 saturated heterocycles. The van der Waals surface area contributed by atoms with Crippen molar-refractivity contribution in [3.8, 4) is 0 Å². The number of halogens is 1. The van der Waals surface area contributed by atoms with Crippen LogP contribution in [0.2, 0.25) is 0 Å². The fraction of sp³-hybridized carbons (Fsp3) is 0.550. The van der Waals surface area contributed by atoms with Gasteiger partial charge in [0.15, 0.2) is 0 Å². The maximum absolute atomic E-state index is 12.5. The summed E-state index contributed by atoms with van der Waals surface area (Å²) in [6.45, 7) is 7.42. The molecule has 1 aliphatic rings. The number of benzene rings is 1. The Morgan fingerprint density at radius 3 is 2.73 bits per heavy atom. The molecule has 1 aromatic carbocycles. The second-order valence-corrected chi connectivity index (χ2v) is 7.28. The number of hydrogen-bond acceptors (Lipinski definition) is 4. The third-order valence-corrected chi connectivity index (χ3v) is 5.47. The van der Waals surface area contributed by atoms with Crippen LogP contribution in [0.3, 0.4) is 0 Å². The molecule has 0 saturated carbocycles. The van der Waals surface area contributed by atoms with Crippen LogP contribution >= 0.6 is 12.4 Å². The van der Waals surface area contributed by atoms with Crippen molar-refractivity contribution in [3.05, 3.63) is 35.1 Å². The lowest BCUT2D eigenvalue weighted by atomic mass is 9.79. The molecule has 26 heavy (non-hydrogen) atoms. The predicted octanol–water partition coefficient (Wildman–Crippen LogP) is 3.15. The van der Waals surface area contributed by atoms with Crippen molar-refractivity contribution < 1.29 is 13.9 Å². The number of rotatable bonds is 6. The molecular weight excluding hydrogens is 352 g/mol. The summed E-state index contributed by atoms with van der Waals surface area (Å²) in [6.07, 6.45) is 4.10. The summed E-state index contributed by atoms with van der Waals surface area (Å²) in [7, 11) is 1.73. The summed E-state index contributed by atoms with van der Waals surface area (Å²) in [5.41, 5.74) is 4.21. The van der Waals surface area contributed by atoms with Gasteiger partial charge in [-0.3, -0.25) is 4.79 Å². The van der Waals surface area contributed by atoms with Gasteiger partial charge in [0.1, 0.15) is 5.58 Å². The molecule has 1 fully saturated rings. The van der Waals surface area contributed by atoms with Crippen LogP contribution < -0.4 is 10.6 Å². The summed E-state index contributed by atoms with van der Waals surface area (Å²) < 4.78 is 11.1. The Balaban J connectivity index is 0.00000243. The van der Waals surface area contributed by atoms with Crippen molar-refractivity contribution in [2.75, 3.05) is 33.4 Å². The molecular formula is C20H29ClN2O3. The number of ether oxygens (including phenoxy) is 1. The van der Waals surface area contributed by atoms with Gasteiger partial charge in [-0.1, -0.05) is 12.1 Å². The van der Waals surface area contributed by atoms with E-state index in [1.165, 1.54) is 5.56 Å². The van der Waals surface area contributed by atoms with Crippen molar-refractivity contribution in [2.24, 2.45) is 5.41 Å². The second-order valence-electron chi connectivity index (χ2n) is 7.28. The maximum Gasteiger partial charge on any atom is 0.224 e. The summed E-state index contributed by atoms with van der Waals surface area (Å²) >= 11 is 0. The number of nitrogens with one attached hydrogen (secondary N) is 2. The van der Waals surface area contributed by atoms with Crippen LogP contribution in [-0.4, -0.2) is 39.3 Å². The Hall–Kier alpha value is -1.56. The first-order valence-corrected chi connectivity index (χ1v) is 8.97. The Bertz CT molecular complexity index is 745. The average Bonchev–Trinajstić information content (AvgIpc) is 3.01. The molecule has 0 unspecified atom stereocenters. The molecule has 1 amide bonds. The molecule has 1 aliphatic heterocycles. The molecule has 2 aromatic rings. The van der Waals surface area contributed by atoms with Gasteiger partial charge in [0, 0.05) is 30.0 Å². The van der Waals surface area contributed by atoms with Gasteiger partial charge >= 0.3 is 0 Å². The van der Waals surface area contributed by atoms with Crippen molar-refractivity contribution in [1.82, 2.24) is 10.6 Å². The highest BCUT2D eigenvalue weighted by molar-refractivity contribution is 5.89. The van der Waals surface area contributed by atoms with Gasteiger partial charge in [-0.15, -0.1) is 12.4 Å². The van der Waals surface area contributed by atoms with E-state index in [0.29, 0.717) is 19.6 Å². The maximum atomic E-state index is 12.5. The molecule has 5 nitrogen and oxygen atoms in total. The van der Waals surface area contributed by atoms with Gasteiger partial charge in [0.25, 0.3) is 0 Å². The number of carbonyl (C=O) groups is 1. The molecule has 1 aromatic heterocycles. The van der Waals surface area contributed by atoms with E-state index in [2.05, 4.69) is 30.5 Å². The largest absolute Gasteiger partial charge is 0.464 e. The Morgan fingerprint density at radius 2 is 2.04 bits per heavy atom. The summed E-state index contributed by atoms with van der Waals surface area (Å²) in [6, 6.07) is 4.13. The highest BCUT2D eigenvalue weighted by Gasteiger charge is 2.32. The molecule has 0 radical (unpaired) electrons. The van der Waals surface area contributed by atoms with Gasteiger partial charge < -0.3 is 19.8 Å². The first kappa shape index (κ1) is 20.7. The highest BCUT2D eigenvalue weighted by Crippen LogP contribution is 2.29. The zero-order valence-electron chi connectivity index (χ0n) is 15.8. The SMILES string of the molecule is COCC1(CNC(=O)Cc2coc3c(C)c(C)ccc23)CCNCC1.Cl. The lowest BCUT2D eigenvalue weighted by Crippen LogP contribution is -2.47.